The molecule has 1 aromatic carbocycles. The van der Waals surface area contributed by atoms with E-state index in [4.69, 9.17) is 4.98 Å². The van der Waals surface area contributed by atoms with Crippen LogP contribution in [0.4, 0.5) is 0 Å². The summed E-state index contributed by atoms with van der Waals surface area (Å²) in [7, 11) is -1.11. The van der Waals surface area contributed by atoms with E-state index in [1.54, 1.807) is 4.31 Å². The van der Waals surface area contributed by atoms with Gasteiger partial charge in [-0.05, 0) is 31.4 Å². The van der Waals surface area contributed by atoms with Crippen LogP contribution >= 0.6 is 0 Å². The number of piperidine rings is 1. The molecule has 1 aliphatic heterocycles. The van der Waals surface area contributed by atoms with Crippen LogP contribution in [0.25, 0.3) is 11.0 Å². The minimum absolute atomic E-state index is 0.178. The van der Waals surface area contributed by atoms with Gasteiger partial charge in [0.2, 0.25) is 10.0 Å². The number of hydrogen-bond acceptors (Lipinski definition) is 3. The van der Waals surface area contributed by atoms with E-state index in [-0.39, 0.29) is 11.7 Å². The van der Waals surface area contributed by atoms with Crippen LogP contribution in [0.1, 0.15) is 44.3 Å². The number of sulfonamides is 1. The fourth-order valence-electron chi connectivity index (χ4n) is 3.39. The Balaban J connectivity index is 1.84. The van der Waals surface area contributed by atoms with Crippen molar-refractivity contribution >= 4 is 21.1 Å². The molecule has 0 N–H and O–H groups in total. The molecule has 6 heteroatoms. The monoisotopic (exact) mass is 335 g/mol. The van der Waals surface area contributed by atoms with Crippen molar-refractivity contribution in [2.75, 3.05) is 18.8 Å². The smallest absolute Gasteiger partial charge is 0.214 e. The summed E-state index contributed by atoms with van der Waals surface area (Å²) in [6.45, 7) is 3.23. The summed E-state index contributed by atoms with van der Waals surface area (Å²) in [6.07, 6.45) is 3.53. The van der Waals surface area contributed by atoms with E-state index < -0.39 is 10.0 Å². The summed E-state index contributed by atoms with van der Waals surface area (Å²) in [4.78, 5) is 4.76. The SMILES string of the molecule is CCCCS(=O)(=O)N1CCCC(c2nc3ccccc3n2C)C1. The van der Waals surface area contributed by atoms with Gasteiger partial charge in [-0.15, -0.1) is 0 Å². The van der Waals surface area contributed by atoms with Crippen molar-refractivity contribution in [3.8, 4) is 0 Å². The molecule has 1 saturated heterocycles. The molecule has 2 aromatic rings. The van der Waals surface area contributed by atoms with Crippen LogP contribution in [-0.2, 0) is 17.1 Å². The van der Waals surface area contributed by atoms with E-state index in [1.807, 2.05) is 32.2 Å². The van der Waals surface area contributed by atoms with E-state index in [9.17, 15) is 8.42 Å². The molecule has 1 aromatic heterocycles. The number of aryl methyl sites for hydroxylation is 1. The second-order valence-corrected chi connectivity index (χ2v) is 8.47. The summed E-state index contributed by atoms with van der Waals surface area (Å²) < 4.78 is 28.7. The minimum Gasteiger partial charge on any atom is -0.331 e. The Labute approximate surface area is 138 Å². The second kappa shape index (κ2) is 6.61. The molecular weight excluding hydrogens is 310 g/mol. The molecule has 1 aliphatic rings. The predicted octanol–water partition coefficient (Wildman–Crippen LogP) is 2.88. The van der Waals surface area contributed by atoms with Crippen LogP contribution in [0, 0.1) is 0 Å². The molecule has 23 heavy (non-hydrogen) atoms. The van der Waals surface area contributed by atoms with Gasteiger partial charge in [-0.25, -0.2) is 17.7 Å². The van der Waals surface area contributed by atoms with Crippen LogP contribution in [0.5, 0.6) is 0 Å². The molecule has 0 spiro atoms. The van der Waals surface area contributed by atoms with Gasteiger partial charge in [-0.3, -0.25) is 0 Å². The molecule has 2 heterocycles. The van der Waals surface area contributed by atoms with Crippen LogP contribution < -0.4 is 0 Å². The quantitative estimate of drug-likeness (QED) is 0.844. The lowest BCUT2D eigenvalue weighted by Crippen LogP contribution is -2.40. The molecule has 1 unspecified atom stereocenters. The first-order chi connectivity index (χ1) is 11.0. The maximum Gasteiger partial charge on any atom is 0.214 e. The number of hydrogen-bond donors (Lipinski definition) is 0. The molecule has 0 radical (unpaired) electrons. The highest BCUT2D eigenvalue weighted by Gasteiger charge is 2.31. The third-order valence-corrected chi connectivity index (χ3v) is 6.64. The lowest BCUT2D eigenvalue weighted by molar-refractivity contribution is 0.306. The number of para-hydroxylation sites is 2. The van der Waals surface area contributed by atoms with Crippen molar-refractivity contribution in [3.63, 3.8) is 0 Å². The first-order valence-electron chi connectivity index (χ1n) is 8.42. The second-order valence-electron chi connectivity index (χ2n) is 6.38. The molecule has 126 valence electrons. The van der Waals surface area contributed by atoms with Gasteiger partial charge >= 0.3 is 0 Å². The van der Waals surface area contributed by atoms with Gasteiger partial charge < -0.3 is 4.57 Å². The van der Waals surface area contributed by atoms with Gasteiger partial charge in [0.1, 0.15) is 5.82 Å². The van der Waals surface area contributed by atoms with Crippen LogP contribution in [0.3, 0.4) is 0 Å². The summed E-state index contributed by atoms with van der Waals surface area (Å²) in [5.41, 5.74) is 2.09. The predicted molar refractivity (Wildman–Crippen MR) is 93.0 cm³/mol. The van der Waals surface area contributed by atoms with Gasteiger partial charge in [0.25, 0.3) is 0 Å². The van der Waals surface area contributed by atoms with Gasteiger partial charge in [0.05, 0.1) is 16.8 Å². The molecule has 1 fully saturated rings. The lowest BCUT2D eigenvalue weighted by atomic mass is 9.99. The van der Waals surface area contributed by atoms with Gasteiger partial charge in [-0.2, -0.15) is 0 Å². The first-order valence-corrected chi connectivity index (χ1v) is 10.0. The van der Waals surface area contributed by atoms with Gasteiger partial charge in [0.15, 0.2) is 0 Å². The van der Waals surface area contributed by atoms with Crippen molar-refractivity contribution in [1.82, 2.24) is 13.9 Å². The molecule has 0 amide bonds. The summed E-state index contributed by atoms with van der Waals surface area (Å²) in [5.74, 6) is 1.44. The number of imidazole rings is 1. The first kappa shape index (κ1) is 16.5. The van der Waals surface area contributed by atoms with Crippen molar-refractivity contribution in [2.45, 2.75) is 38.5 Å². The average Bonchev–Trinajstić information content (AvgIpc) is 2.91. The molecule has 0 saturated carbocycles. The number of fused-ring (bicyclic) bond motifs is 1. The molecular formula is C17H25N3O2S. The number of unbranched alkanes of at least 4 members (excludes halogenated alkanes) is 1. The van der Waals surface area contributed by atoms with Gasteiger partial charge in [-0.1, -0.05) is 25.5 Å². The molecule has 5 nitrogen and oxygen atoms in total. The fourth-order valence-corrected chi connectivity index (χ4v) is 5.12. The molecule has 1 atom stereocenters. The zero-order chi connectivity index (χ0) is 16.4. The number of aromatic nitrogens is 2. The van der Waals surface area contributed by atoms with Crippen LogP contribution in [0.2, 0.25) is 0 Å². The van der Waals surface area contributed by atoms with Crippen LogP contribution in [0.15, 0.2) is 24.3 Å². The zero-order valence-electron chi connectivity index (χ0n) is 13.9. The number of nitrogens with zero attached hydrogens (tertiary/aromatic N) is 3. The summed E-state index contributed by atoms with van der Waals surface area (Å²) >= 11 is 0. The topological polar surface area (TPSA) is 55.2 Å². The fraction of sp³-hybridized carbons (Fsp3) is 0.588. The Morgan fingerprint density at radius 3 is 2.83 bits per heavy atom. The van der Waals surface area contributed by atoms with Crippen molar-refractivity contribution in [2.24, 2.45) is 7.05 Å². The highest BCUT2D eigenvalue weighted by Crippen LogP contribution is 2.30. The number of rotatable bonds is 5. The number of benzene rings is 1. The van der Waals surface area contributed by atoms with E-state index in [1.165, 1.54) is 0 Å². The van der Waals surface area contributed by atoms with Crippen molar-refractivity contribution in [3.05, 3.63) is 30.1 Å². The largest absolute Gasteiger partial charge is 0.331 e. The Hall–Kier alpha value is -1.40. The maximum absolute atomic E-state index is 12.5. The average molecular weight is 335 g/mol. The Morgan fingerprint density at radius 1 is 1.30 bits per heavy atom. The maximum atomic E-state index is 12.5. The Kier molecular flexibility index (Phi) is 4.73. The normalized spacial score (nSPS) is 20.2. The van der Waals surface area contributed by atoms with E-state index in [2.05, 4.69) is 10.6 Å². The highest BCUT2D eigenvalue weighted by molar-refractivity contribution is 7.89. The van der Waals surface area contributed by atoms with E-state index in [0.717, 1.165) is 42.5 Å². The standard InChI is InChI=1S/C17H25N3O2S/c1-3-4-12-23(21,22)20-11-7-8-14(13-20)17-18-15-9-5-6-10-16(15)19(17)2/h5-6,9-10,14H,3-4,7-8,11-13H2,1-2H3. The highest BCUT2D eigenvalue weighted by atomic mass is 32.2. The molecule has 0 aliphatic carbocycles. The minimum atomic E-state index is -3.13. The molecule has 3 rings (SSSR count). The molecule has 0 bridgehead atoms. The third-order valence-electron chi connectivity index (χ3n) is 4.72. The van der Waals surface area contributed by atoms with Crippen molar-refractivity contribution in [1.29, 1.82) is 0 Å². The Bertz CT molecular complexity index is 782. The van der Waals surface area contributed by atoms with Crippen LogP contribution in [-0.4, -0.2) is 41.1 Å². The van der Waals surface area contributed by atoms with Gasteiger partial charge in [0, 0.05) is 26.1 Å². The lowest BCUT2D eigenvalue weighted by Gasteiger charge is -2.31. The third kappa shape index (κ3) is 3.28. The van der Waals surface area contributed by atoms with E-state index in [0.29, 0.717) is 13.1 Å². The zero-order valence-corrected chi connectivity index (χ0v) is 14.7. The van der Waals surface area contributed by atoms with E-state index >= 15 is 0 Å². The summed E-state index contributed by atoms with van der Waals surface area (Å²) in [5, 5.41) is 0. The summed E-state index contributed by atoms with van der Waals surface area (Å²) in [6, 6.07) is 8.07. The Morgan fingerprint density at radius 2 is 2.09 bits per heavy atom. The van der Waals surface area contributed by atoms with Crippen molar-refractivity contribution < 1.29 is 8.42 Å².